The van der Waals surface area contributed by atoms with E-state index in [-0.39, 0.29) is 0 Å². The van der Waals surface area contributed by atoms with E-state index in [1.165, 1.54) is 0 Å². The van der Waals surface area contributed by atoms with E-state index >= 15 is 0 Å². The Bertz CT molecular complexity index is 2870. The SMILES string of the molecule is c1ccc(-c2nc(-c3cccc(-c4ccc5c(c4)oc4ccccc45)c3)nc(-c3ccc4c(c3)oc3cccc(-c5ccccc5)c34)n2)cc1. The molecule has 0 aliphatic carbocycles. The van der Waals surface area contributed by atoms with Crippen molar-refractivity contribution in [3.8, 4) is 56.4 Å². The molecule has 50 heavy (non-hydrogen) atoms. The van der Waals surface area contributed by atoms with Crippen molar-refractivity contribution in [2.45, 2.75) is 0 Å². The molecule has 0 N–H and O–H groups in total. The predicted molar refractivity (Wildman–Crippen MR) is 202 cm³/mol. The molecular formula is C45H27N3O2. The minimum atomic E-state index is 0.577. The molecule has 0 saturated heterocycles. The molecule has 7 aromatic carbocycles. The van der Waals surface area contributed by atoms with Crippen LogP contribution in [0.2, 0.25) is 0 Å². The number of hydrogen-bond donors (Lipinski definition) is 0. The lowest BCUT2D eigenvalue weighted by atomic mass is 9.99. The first kappa shape index (κ1) is 28.2. The van der Waals surface area contributed by atoms with Crippen molar-refractivity contribution in [3.05, 3.63) is 164 Å². The van der Waals surface area contributed by atoms with E-state index in [4.69, 9.17) is 23.8 Å². The van der Waals surface area contributed by atoms with Gasteiger partial charge in [-0.25, -0.2) is 15.0 Å². The fourth-order valence-corrected chi connectivity index (χ4v) is 6.92. The van der Waals surface area contributed by atoms with Crippen LogP contribution in [0.1, 0.15) is 0 Å². The second-order valence-electron chi connectivity index (χ2n) is 12.4. The van der Waals surface area contributed by atoms with Crippen LogP contribution in [0.3, 0.4) is 0 Å². The zero-order valence-corrected chi connectivity index (χ0v) is 26.7. The summed E-state index contributed by atoms with van der Waals surface area (Å²) in [4.78, 5) is 15.0. The third-order valence-corrected chi connectivity index (χ3v) is 9.34. The Morgan fingerprint density at radius 2 is 0.800 bits per heavy atom. The predicted octanol–water partition coefficient (Wildman–Crippen LogP) is 12.0. The van der Waals surface area contributed by atoms with Gasteiger partial charge in [-0.2, -0.15) is 0 Å². The lowest BCUT2D eigenvalue weighted by Gasteiger charge is -2.10. The Kier molecular flexibility index (Phi) is 6.42. The monoisotopic (exact) mass is 641 g/mol. The number of rotatable bonds is 5. The number of hydrogen-bond acceptors (Lipinski definition) is 5. The van der Waals surface area contributed by atoms with Gasteiger partial charge in [0.05, 0.1) is 0 Å². The van der Waals surface area contributed by atoms with Gasteiger partial charge in [0.2, 0.25) is 0 Å². The molecule has 0 spiro atoms. The summed E-state index contributed by atoms with van der Waals surface area (Å²) in [7, 11) is 0. The molecule has 0 radical (unpaired) electrons. The number of para-hydroxylation sites is 1. The highest BCUT2D eigenvalue weighted by molar-refractivity contribution is 6.13. The summed E-state index contributed by atoms with van der Waals surface area (Å²) in [5.74, 6) is 1.78. The van der Waals surface area contributed by atoms with Gasteiger partial charge in [-0.3, -0.25) is 0 Å². The molecule has 0 aliphatic rings. The third-order valence-electron chi connectivity index (χ3n) is 9.34. The molecule has 0 amide bonds. The van der Waals surface area contributed by atoms with Crippen LogP contribution in [0.25, 0.3) is 100 Å². The summed E-state index contributed by atoms with van der Waals surface area (Å²) in [6.45, 7) is 0. The summed E-state index contributed by atoms with van der Waals surface area (Å²) in [5, 5.41) is 4.37. The van der Waals surface area contributed by atoms with E-state index in [0.29, 0.717) is 17.5 Å². The molecule has 10 rings (SSSR count). The van der Waals surface area contributed by atoms with Gasteiger partial charge in [-0.05, 0) is 64.7 Å². The van der Waals surface area contributed by atoms with Crippen molar-refractivity contribution in [2.75, 3.05) is 0 Å². The highest BCUT2D eigenvalue weighted by Crippen LogP contribution is 2.39. The van der Waals surface area contributed by atoms with Crippen molar-refractivity contribution in [3.63, 3.8) is 0 Å². The molecule has 0 bridgehead atoms. The molecule has 3 heterocycles. The Morgan fingerprint density at radius 1 is 0.300 bits per heavy atom. The molecule has 3 aromatic heterocycles. The number of nitrogens with zero attached hydrogens (tertiary/aromatic N) is 3. The summed E-state index contributed by atoms with van der Waals surface area (Å²) in [6.07, 6.45) is 0. The lowest BCUT2D eigenvalue weighted by Crippen LogP contribution is -2.00. The summed E-state index contributed by atoms with van der Waals surface area (Å²) >= 11 is 0. The van der Waals surface area contributed by atoms with Crippen molar-refractivity contribution in [1.82, 2.24) is 15.0 Å². The maximum atomic E-state index is 6.44. The van der Waals surface area contributed by atoms with Gasteiger partial charge < -0.3 is 8.83 Å². The normalized spacial score (nSPS) is 11.6. The van der Waals surface area contributed by atoms with E-state index in [0.717, 1.165) is 82.8 Å². The second kappa shape index (κ2) is 11.4. The summed E-state index contributed by atoms with van der Waals surface area (Å²) in [6, 6.07) is 55.7. The van der Waals surface area contributed by atoms with E-state index in [1.807, 2.05) is 84.9 Å². The van der Waals surface area contributed by atoms with E-state index in [9.17, 15) is 0 Å². The van der Waals surface area contributed by atoms with Gasteiger partial charge in [-0.15, -0.1) is 0 Å². The molecule has 5 nitrogen and oxygen atoms in total. The van der Waals surface area contributed by atoms with Crippen LogP contribution in [0.15, 0.2) is 173 Å². The van der Waals surface area contributed by atoms with Gasteiger partial charge in [-0.1, -0.05) is 121 Å². The Balaban J connectivity index is 1.10. The molecule has 10 aromatic rings. The largest absolute Gasteiger partial charge is 0.456 e. The van der Waals surface area contributed by atoms with E-state index < -0.39 is 0 Å². The smallest absolute Gasteiger partial charge is 0.164 e. The quantitative estimate of drug-likeness (QED) is 0.187. The topological polar surface area (TPSA) is 65.0 Å². The first-order valence-corrected chi connectivity index (χ1v) is 16.6. The zero-order valence-electron chi connectivity index (χ0n) is 26.7. The standard InChI is InChI=1S/C45H27N3O2/c1-3-11-28(12-4-1)34-18-10-20-39-42(34)37-24-22-33(27-41(37)50-39)45-47-43(29-13-5-2-6-14-29)46-44(48-45)32-16-9-15-30(25-32)31-21-23-36-35-17-7-8-19-38(35)49-40(36)26-31/h1-27H. The maximum absolute atomic E-state index is 6.44. The van der Waals surface area contributed by atoms with Gasteiger partial charge in [0.25, 0.3) is 0 Å². The zero-order chi connectivity index (χ0) is 33.0. The summed E-state index contributed by atoms with van der Waals surface area (Å²) < 4.78 is 12.6. The van der Waals surface area contributed by atoms with Crippen molar-refractivity contribution in [2.24, 2.45) is 0 Å². The Morgan fingerprint density at radius 3 is 1.62 bits per heavy atom. The number of furan rings is 2. The Labute approximate surface area is 287 Å². The van der Waals surface area contributed by atoms with Crippen LogP contribution < -0.4 is 0 Å². The molecule has 0 atom stereocenters. The molecule has 0 fully saturated rings. The van der Waals surface area contributed by atoms with Crippen LogP contribution in [-0.2, 0) is 0 Å². The van der Waals surface area contributed by atoms with Crippen molar-refractivity contribution < 1.29 is 8.83 Å². The molecule has 0 aliphatic heterocycles. The first-order chi connectivity index (χ1) is 24.7. The first-order valence-electron chi connectivity index (χ1n) is 16.6. The number of aromatic nitrogens is 3. The lowest BCUT2D eigenvalue weighted by molar-refractivity contribution is 0.668. The van der Waals surface area contributed by atoms with E-state index in [1.54, 1.807) is 0 Å². The van der Waals surface area contributed by atoms with E-state index in [2.05, 4.69) is 78.9 Å². The fraction of sp³-hybridized carbons (Fsp3) is 0. The average Bonchev–Trinajstić information content (AvgIpc) is 3.76. The van der Waals surface area contributed by atoms with Crippen LogP contribution in [0.4, 0.5) is 0 Å². The van der Waals surface area contributed by atoms with Gasteiger partial charge >= 0.3 is 0 Å². The third kappa shape index (κ3) is 4.75. The maximum Gasteiger partial charge on any atom is 0.164 e. The molecular weight excluding hydrogens is 615 g/mol. The van der Waals surface area contributed by atoms with Crippen LogP contribution in [0, 0.1) is 0 Å². The second-order valence-corrected chi connectivity index (χ2v) is 12.4. The number of fused-ring (bicyclic) bond motifs is 6. The van der Waals surface area contributed by atoms with Gasteiger partial charge in [0, 0.05) is 38.2 Å². The molecule has 0 unspecified atom stereocenters. The van der Waals surface area contributed by atoms with Crippen LogP contribution in [0.5, 0.6) is 0 Å². The fourth-order valence-electron chi connectivity index (χ4n) is 6.92. The Hall–Kier alpha value is -6.85. The minimum absolute atomic E-state index is 0.577. The molecule has 5 heteroatoms. The van der Waals surface area contributed by atoms with Crippen LogP contribution in [-0.4, -0.2) is 15.0 Å². The van der Waals surface area contributed by atoms with Crippen molar-refractivity contribution in [1.29, 1.82) is 0 Å². The van der Waals surface area contributed by atoms with Gasteiger partial charge in [0.15, 0.2) is 17.5 Å². The molecule has 234 valence electrons. The highest BCUT2D eigenvalue weighted by atomic mass is 16.3. The van der Waals surface area contributed by atoms with Gasteiger partial charge in [0.1, 0.15) is 22.3 Å². The number of benzene rings is 7. The average molecular weight is 642 g/mol. The highest BCUT2D eigenvalue weighted by Gasteiger charge is 2.17. The molecule has 0 saturated carbocycles. The summed E-state index contributed by atoms with van der Waals surface area (Å²) in [5.41, 5.74) is 10.4. The van der Waals surface area contributed by atoms with Crippen LogP contribution >= 0.6 is 0 Å². The minimum Gasteiger partial charge on any atom is -0.456 e. The van der Waals surface area contributed by atoms with Crippen molar-refractivity contribution >= 4 is 43.9 Å².